The molecule has 45 heavy (non-hydrogen) atoms. The summed E-state index contributed by atoms with van der Waals surface area (Å²) >= 11 is 0. The fourth-order valence-corrected chi connectivity index (χ4v) is 5.17. The maximum Gasteiger partial charge on any atom is 0.408 e. The zero-order valence-electron chi connectivity index (χ0n) is 26.5. The van der Waals surface area contributed by atoms with Crippen LogP contribution in [0.2, 0.25) is 0 Å². The van der Waals surface area contributed by atoms with Crippen molar-refractivity contribution in [3.05, 3.63) is 102 Å². The second-order valence-corrected chi connectivity index (χ2v) is 12.4. The molecule has 0 saturated heterocycles. The van der Waals surface area contributed by atoms with Crippen LogP contribution in [0.15, 0.2) is 84.9 Å². The van der Waals surface area contributed by atoms with Gasteiger partial charge in [-0.2, -0.15) is 0 Å². The van der Waals surface area contributed by atoms with Gasteiger partial charge in [0.2, 0.25) is 5.91 Å². The molecule has 2 unspecified atom stereocenters. The first-order chi connectivity index (χ1) is 21.2. The van der Waals surface area contributed by atoms with Gasteiger partial charge in [-0.15, -0.1) is 0 Å². The van der Waals surface area contributed by atoms with Crippen molar-refractivity contribution in [3.8, 4) is 11.5 Å². The van der Waals surface area contributed by atoms with Gasteiger partial charge in [0.05, 0.1) is 0 Å². The SMILES string of the molecule is Cc1cccc(C(C(=O)Nc2ccc3ccccc3c2)N(C(=O)C(Cc2ccc(O)cc2)NC(=O)OC(C)(C)C)C(C)C)c1O. The van der Waals surface area contributed by atoms with Crippen molar-refractivity contribution in [1.82, 2.24) is 10.2 Å². The van der Waals surface area contributed by atoms with Gasteiger partial charge in [-0.3, -0.25) is 9.59 Å². The van der Waals surface area contributed by atoms with Gasteiger partial charge in [0.25, 0.3) is 5.91 Å². The number of aryl methyl sites for hydroxylation is 1. The van der Waals surface area contributed by atoms with Gasteiger partial charge in [0.1, 0.15) is 29.2 Å². The fourth-order valence-electron chi connectivity index (χ4n) is 5.17. The number of nitrogens with zero attached hydrogens (tertiary/aromatic N) is 1. The number of benzene rings is 4. The Labute approximate surface area is 263 Å². The summed E-state index contributed by atoms with van der Waals surface area (Å²) in [5.41, 5.74) is 1.17. The van der Waals surface area contributed by atoms with E-state index in [9.17, 15) is 24.6 Å². The highest BCUT2D eigenvalue weighted by atomic mass is 16.6. The molecule has 0 aromatic heterocycles. The van der Waals surface area contributed by atoms with Crippen molar-refractivity contribution in [3.63, 3.8) is 0 Å². The highest BCUT2D eigenvalue weighted by Gasteiger charge is 2.39. The van der Waals surface area contributed by atoms with Crippen LogP contribution >= 0.6 is 0 Å². The second-order valence-electron chi connectivity index (χ2n) is 12.4. The van der Waals surface area contributed by atoms with Gasteiger partial charge < -0.3 is 30.5 Å². The van der Waals surface area contributed by atoms with Crippen molar-refractivity contribution in [1.29, 1.82) is 0 Å². The molecule has 236 valence electrons. The summed E-state index contributed by atoms with van der Waals surface area (Å²) in [5.74, 6) is -1.13. The zero-order valence-corrected chi connectivity index (χ0v) is 26.5. The molecular weight excluding hydrogens is 570 g/mol. The zero-order chi connectivity index (χ0) is 32.9. The second kappa shape index (κ2) is 13.7. The molecule has 0 spiro atoms. The van der Waals surface area contributed by atoms with E-state index in [0.717, 1.165) is 10.8 Å². The van der Waals surface area contributed by atoms with Gasteiger partial charge in [0.15, 0.2) is 0 Å². The molecule has 0 heterocycles. The van der Waals surface area contributed by atoms with Crippen LogP contribution < -0.4 is 10.6 Å². The van der Waals surface area contributed by atoms with Crippen molar-refractivity contribution < 1.29 is 29.3 Å². The van der Waals surface area contributed by atoms with Crippen LogP contribution in [0.5, 0.6) is 11.5 Å². The predicted molar refractivity (Wildman–Crippen MR) is 175 cm³/mol. The van der Waals surface area contributed by atoms with E-state index in [4.69, 9.17) is 4.74 Å². The molecular formula is C36H41N3O6. The highest BCUT2D eigenvalue weighted by Crippen LogP contribution is 2.34. The number of hydrogen-bond acceptors (Lipinski definition) is 6. The minimum Gasteiger partial charge on any atom is -0.508 e. The van der Waals surface area contributed by atoms with Crippen molar-refractivity contribution in [2.75, 3.05) is 5.32 Å². The van der Waals surface area contributed by atoms with Crippen molar-refractivity contribution in [2.45, 2.75) is 71.7 Å². The van der Waals surface area contributed by atoms with Gasteiger partial charge in [-0.25, -0.2) is 4.79 Å². The minimum atomic E-state index is -1.26. The van der Waals surface area contributed by atoms with E-state index in [1.807, 2.05) is 36.4 Å². The molecule has 4 aromatic rings. The lowest BCUT2D eigenvalue weighted by Crippen LogP contribution is -2.55. The number of alkyl carbamates (subject to hydrolysis) is 1. The lowest BCUT2D eigenvalue weighted by atomic mass is 9.96. The fraction of sp³-hybridized carbons (Fsp3) is 0.306. The number of ether oxygens (including phenoxy) is 1. The molecule has 0 aliphatic heterocycles. The maximum atomic E-state index is 14.5. The summed E-state index contributed by atoms with van der Waals surface area (Å²) < 4.78 is 5.48. The molecule has 0 fully saturated rings. The molecule has 0 aliphatic carbocycles. The van der Waals surface area contributed by atoms with Crippen LogP contribution in [0.25, 0.3) is 10.8 Å². The number of rotatable bonds is 9. The monoisotopic (exact) mass is 611 g/mol. The number of phenolic OH excluding ortho intramolecular Hbond substituents is 2. The van der Waals surface area contributed by atoms with Crippen LogP contribution in [-0.4, -0.2) is 50.7 Å². The normalized spacial score (nSPS) is 12.8. The Morgan fingerprint density at radius 1 is 0.867 bits per heavy atom. The standard InChI is InChI=1S/C36H41N3O6/c1-22(2)39(34(43)30(38-35(44)45-36(4,5)6)20-24-14-18-28(40)19-15-24)31(29-13-9-10-23(3)32(29)41)33(42)37-27-17-16-25-11-7-8-12-26(25)21-27/h7-19,21-22,30-31,40-41H,20H2,1-6H3,(H,37,42)(H,38,44). The van der Waals surface area contributed by atoms with E-state index in [2.05, 4.69) is 10.6 Å². The van der Waals surface area contributed by atoms with E-state index in [0.29, 0.717) is 16.8 Å². The Morgan fingerprint density at radius 3 is 2.18 bits per heavy atom. The molecule has 0 saturated carbocycles. The van der Waals surface area contributed by atoms with Crippen molar-refractivity contribution in [2.24, 2.45) is 0 Å². The topological polar surface area (TPSA) is 128 Å². The van der Waals surface area contributed by atoms with Crippen LogP contribution in [0.4, 0.5) is 10.5 Å². The summed E-state index contributed by atoms with van der Waals surface area (Å²) in [7, 11) is 0. The number of phenols is 2. The lowest BCUT2D eigenvalue weighted by molar-refractivity contribution is -0.143. The first-order valence-corrected chi connectivity index (χ1v) is 14.9. The van der Waals surface area contributed by atoms with Gasteiger partial charge in [-0.05, 0) is 87.7 Å². The third-order valence-electron chi connectivity index (χ3n) is 7.28. The summed E-state index contributed by atoms with van der Waals surface area (Å²) in [6.07, 6.45) is -0.737. The van der Waals surface area contributed by atoms with Crippen molar-refractivity contribution >= 4 is 34.4 Å². The van der Waals surface area contributed by atoms with Crippen LogP contribution in [-0.2, 0) is 20.7 Å². The smallest absolute Gasteiger partial charge is 0.408 e. The summed E-state index contributed by atoms with van der Waals surface area (Å²) in [5, 5.41) is 28.6. The molecule has 4 aromatic carbocycles. The summed E-state index contributed by atoms with van der Waals surface area (Å²) in [6.45, 7) is 10.4. The number of carbonyl (C=O) groups is 3. The number of amides is 3. The van der Waals surface area contributed by atoms with Gasteiger partial charge in [-0.1, -0.05) is 60.7 Å². The molecule has 0 aliphatic rings. The third-order valence-corrected chi connectivity index (χ3v) is 7.28. The number of nitrogens with one attached hydrogen (secondary N) is 2. The number of para-hydroxylation sites is 1. The molecule has 0 bridgehead atoms. The maximum absolute atomic E-state index is 14.5. The van der Waals surface area contributed by atoms with Gasteiger partial charge in [0, 0.05) is 23.7 Å². The number of carbonyl (C=O) groups excluding carboxylic acids is 3. The van der Waals surface area contributed by atoms with Crippen LogP contribution in [0.3, 0.4) is 0 Å². The number of aromatic hydroxyl groups is 2. The molecule has 0 radical (unpaired) electrons. The first kappa shape index (κ1) is 32.9. The predicted octanol–water partition coefficient (Wildman–Crippen LogP) is 6.61. The number of anilines is 1. The Bertz CT molecular complexity index is 1680. The number of hydrogen-bond donors (Lipinski definition) is 4. The summed E-state index contributed by atoms with van der Waals surface area (Å²) in [4.78, 5) is 43.1. The Morgan fingerprint density at radius 2 is 1.53 bits per heavy atom. The minimum absolute atomic E-state index is 0.0559. The van der Waals surface area contributed by atoms with Crippen LogP contribution in [0.1, 0.15) is 57.4 Å². The van der Waals surface area contributed by atoms with E-state index in [1.165, 1.54) is 17.0 Å². The molecule has 3 amide bonds. The average molecular weight is 612 g/mol. The quantitative estimate of drug-likeness (QED) is 0.169. The molecule has 2 atom stereocenters. The summed E-state index contributed by atoms with van der Waals surface area (Å²) in [6, 6.07) is 21.7. The number of fused-ring (bicyclic) bond motifs is 1. The average Bonchev–Trinajstić information content (AvgIpc) is 2.96. The largest absolute Gasteiger partial charge is 0.508 e. The Balaban J connectivity index is 1.77. The van der Waals surface area contributed by atoms with E-state index < -0.39 is 41.6 Å². The first-order valence-electron chi connectivity index (χ1n) is 14.9. The third kappa shape index (κ3) is 8.32. The van der Waals surface area contributed by atoms with Crippen LogP contribution in [0, 0.1) is 6.92 Å². The van der Waals surface area contributed by atoms with E-state index >= 15 is 0 Å². The molecule has 4 rings (SSSR count). The Hall–Kier alpha value is -5.05. The Kier molecular flexibility index (Phi) is 10.0. The highest BCUT2D eigenvalue weighted by molar-refractivity contribution is 6.01. The molecule has 9 nitrogen and oxygen atoms in total. The van der Waals surface area contributed by atoms with Gasteiger partial charge >= 0.3 is 6.09 Å². The van der Waals surface area contributed by atoms with E-state index in [1.54, 1.807) is 77.9 Å². The van der Waals surface area contributed by atoms with E-state index in [-0.39, 0.29) is 23.5 Å². The molecule has 4 N–H and O–H groups in total. The lowest BCUT2D eigenvalue weighted by Gasteiger charge is -2.37. The molecule has 9 heteroatoms.